The number of nitrogens with zero attached hydrogens (tertiary/aromatic N) is 1. The van der Waals surface area contributed by atoms with E-state index in [1.54, 1.807) is 12.1 Å². The fraction of sp³-hybridized carbons (Fsp3) is 0.500. The molecule has 1 heterocycles. The zero-order valence-electron chi connectivity index (χ0n) is 11.3. The Hall–Kier alpha value is -1.42. The van der Waals surface area contributed by atoms with Gasteiger partial charge in [0, 0.05) is 19.2 Å². The Bertz CT molecular complexity index is 483. The first-order chi connectivity index (χ1) is 9.02. The topological polar surface area (TPSA) is 55.6 Å². The van der Waals surface area contributed by atoms with E-state index in [4.69, 9.17) is 22.1 Å². The molecule has 2 N–H and O–H groups in total. The normalized spacial score (nSPS) is 16.5. The largest absolute Gasteiger partial charge is 0.496 e. The molecule has 0 atom stereocenters. The first kappa shape index (κ1) is 14.0. The van der Waals surface area contributed by atoms with Crippen LogP contribution in [0.2, 0.25) is 5.02 Å². The van der Waals surface area contributed by atoms with Crippen LogP contribution in [0.1, 0.15) is 30.1 Å². The molecule has 104 valence electrons. The van der Waals surface area contributed by atoms with Crippen molar-refractivity contribution in [1.29, 1.82) is 0 Å². The molecule has 5 heteroatoms. The summed E-state index contributed by atoms with van der Waals surface area (Å²) in [4.78, 5) is 14.3. The van der Waals surface area contributed by atoms with E-state index in [2.05, 4.69) is 6.92 Å². The molecule has 1 aromatic rings. The minimum absolute atomic E-state index is 0.0364. The number of nitrogens with two attached hydrogens (primary N) is 1. The quantitative estimate of drug-likeness (QED) is 0.849. The fourth-order valence-electron chi connectivity index (χ4n) is 2.29. The second-order valence-corrected chi connectivity index (χ2v) is 5.46. The van der Waals surface area contributed by atoms with E-state index in [9.17, 15) is 4.79 Å². The van der Waals surface area contributed by atoms with Gasteiger partial charge in [-0.15, -0.1) is 0 Å². The average Bonchev–Trinajstić information content (AvgIpc) is 2.41. The van der Waals surface area contributed by atoms with Gasteiger partial charge in [-0.3, -0.25) is 4.79 Å². The highest BCUT2D eigenvalue weighted by Gasteiger charge is 2.24. The van der Waals surface area contributed by atoms with Crippen molar-refractivity contribution >= 4 is 23.2 Å². The predicted molar refractivity (Wildman–Crippen MR) is 76.7 cm³/mol. The van der Waals surface area contributed by atoms with Crippen LogP contribution in [-0.4, -0.2) is 31.0 Å². The van der Waals surface area contributed by atoms with Gasteiger partial charge in [0.25, 0.3) is 5.91 Å². The average molecular weight is 283 g/mol. The van der Waals surface area contributed by atoms with E-state index in [-0.39, 0.29) is 5.91 Å². The van der Waals surface area contributed by atoms with Gasteiger partial charge in [0.15, 0.2) is 0 Å². The molecule has 0 unspecified atom stereocenters. The molecule has 2 rings (SSSR count). The second-order valence-electron chi connectivity index (χ2n) is 5.05. The molecule has 4 nitrogen and oxygen atoms in total. The van der Waals surface area contributed by atoms with Gasteiger partial charge in [-0.05, 0) is 24.8 Å². The van der Waals surface area contributed by atoms with Crippen LogP contribution in [0.3, 0.4) is 0 Å². The summed E-state index contributed by atoms with van der Waals surface area (Å²) in [6.07, 6.45) is 2.08. The summed E-state index contributed by atoms with van der Waals surface area (Å²) < 4.78 is 5.23. The maximum absolute atomic E-state index is 12.5. The van der Waals surface area contributed by atoms with E-state index >= 15 is 0 Å². The summed E-state index contributed by atoms with van der Waals surface area (Å²) in [6.45, 7) is 3.78. The van der Waals surface area contributed by atoms with Gasteiger partial charge >= 0.3 is 0 Å². The standard InChI is InChI=1S/C14H19ClN2O2/c1-9-3-5-17(6-4-9)14(18)10-7-11(15)12(16)8-13(10)19-2/h7-9H,3-6,16H2,1-2H3. The van der Waals surface area contributed by atoms with Crippen molar-refractivity contribution in [3.8, 4) is 5.75 Å². The highest BCUT2D eigenvalue weighted by Crippen LogP contribution is 2.30. The first-order valence-corrected chi connectivity index (χ1v) is 6.83. The third kappa shape index (κ3) is 2.95. The molecule has 0 bridgehead atoms. The third-order valence-corrected chi connectivity index (χ3v) is 3.95. The lowest BCUT2D eigenvalue weighted by Gasteiger charge is -2.30. The summed E-state index contributed by atoms with van der Waals surface area (Å²) >= 11 is 6.00. The molecule has 0 saturated carbocycles. The third-order valence-electron chi connectivity index (χ3n) is 3.62. The van der Waals surface area contributed by atoms with Crippen LogP contribution in [0.15, 0.2) is 12.1 Å². The van der Waals surface area contributed by atoms with Crippen LogP contribution in [-0.2, 0) is 0 Å². The van der Waals surface area contributed by atoms with Crippen LogP contribution < -0.4 is 10.5 Å². The van der Waals surface area contributed by atoms with E-state index < -0.39 is 0 Å². The number of carbonyl (C=O) groups is 1. The van der Waals surface area contributed by atoms with Gasteiger partial charge in [0.2, 0.25) is 0 Å². The molecule has 19 heavy (non-hydrogen) atoms. The summed E-state index contributed by atoms with van der Waals surface area (Å²) in [5.41, 5.74) is 6.63. The number of benzene rings is 1. The van der Waals surface area contributed by atoms with Crippen molar-refractivity contribution in [3.05, 3.63) is 22.7 Å². The van der Waals surface area contributed by atoms with Gasteiger partial charge in [-0.2, -0.15) is 0 Å². The molecule has 0 spiro atoms. The molecule has 1 amide bonds. The lowest BCUT2D eigenvalue weighted by atomic mass is 9.98. The molecule has 1 saturated heterocycles. The number of piperidine rings is 1. The molecule has 1 aliphatic heterocycles. The SMILES string of the molecule is COc1cc(N)c(Cl)cc1C(=O)N1CCC(C)CC1. The number of amides is 1. The van der Waals surface area contributed by atoms with Gasteiger partial charge in [-0.25, -0.2) is 0 Å². The lowest BCUT2D eigenvalue weighted by Crippen LogP contribution is -2.38. The highest BCUT2D eigenvalue weighted by molar-refractivity contribution is 6.33. The van der Waals surface area contributed by atoms with Gasteiger partial charge in [0.1, 0.15) is 5.75 Å². The molecule has 1 fully saturated rings. The van der Waals surface area contributed by atoms with Crippen molar-refractivity contribution in [2.45, 2.75) is 19.8 Å². The molecule has 0 aromatic heterocycles. The number of ether oxygens (including phenoxy) is 1. The summed E-state index contributed by atoms with van der Waals surface area (Å²) in [5.74, 6) is 1.12. The predicted octanol–water partition coefficient (Wildman–Crippen LogP) is 2.80. The Balaban J connectivity index is 2.25. The van der Waals surface area contributed by atoms with Gasteiger partial charge < -0.3 is 15.4 Å². The minimum Gasteiger partial charge on any atom is -0.496 e. The molecule has 1 aromatic carbocycles. The van der Waals surface area contributed by atoms with Crippen molar-refractivity contribution in [1.82, 2.24) is 4.90 Å². The van der Waals surface area contributed by atoms with Crippen molar-refractivity contribution < 1.29 is 9.53 Å². The monoisotopic (exact) mass is 282 g/mol. The second kappa shape index (κ2) is 5.70. The molecular formula is C14H19ClN2O2. The first-order valence-electron chi connectivity index (χ1n) is 6.45. The number of nitrogen functional groups attached to an aromatic ring is 1. The zero-order chi connectivity index (χ0) is 14.0. The number of rotatable bonds is 2. The number of halogens is 1. The van der Waals surface area contributed by atoms with E-state index in [0.717, 1.165) is 25.9 Å². The maximum atomic E-state index is 12.5. The molecular weight excluding hydrogens is 264 g/mol. The van der Waals surface area contributed by atoms with Crippen LogP contribution in [0, 0.1) is 5.92 Å². The highest BCUT2D eigenvalue weighted by atomic mass is 35.5. The van der Waals surface area contributed by atoms with Gasteiger partial charge in [-0.1, -0.05) is 18.5 Å². The van der Waals surface area contributed by atoms with Gasteiger partial charge in [0.05, 0.1) is 23.4 Å². The summed E-state index contributed by atoms with van der Waals surface area (Å²) in [6, 6.07) is 3.19. The van der Waals surface area contributed by atoms with Crippen LogP contribution in [0.5, 0.6) is 5.75 Å². The summed E-state index contributed by atoms with van der Waals surface area (Å²) in [7, 11) is 1.53. The zero-order valence-corrected chi connectivity index (χ0v) is 12.0. The number of carbonyl (C=O) groups excluding carboxylic acids is 1. The number of hydrogen-bond acceptors (Lipinski definition) is 3. The fourth-order valence-corrected chi connectivity index (χ4v) is 2.45. The van der Waals surface area contributed by atoms with E-state index in [1.165, 1.54) is 7.11 Å². The van der Waals surface area contributed by atoms with Crippen LogP contribution in [0.25, 0.3) is 0 Å². The number of methoxy groups -OCH3 is 1. The van der Waals surface area contributed by atoms with Crippen molar-refractivity contribution in [2.24, 2.45) is 5.92 Å². The van der Waals surface area contributed by atoms with Crippen LogP contribution >= 0.6 is 11.6 Å². The van der Waals surface area contributed by atoms with Crippen molar-refractivity contribution in [2.75, 3.05) is 25.9 Å². The van der Waals surface area contributed by atoms with Crippen LogP contribution in [0.4, 0.5) is 5.69 Å². The Kier molecular flexibility index (Phi) is 4.20. The molecule has 0 radical (unpaired) electrons. The Morgan fingerprint density at radius 2 is 2.05 bits per heavy atom. The summed E-state index contributed by atoms with van der Waals surface area (Å²) in [5, 5.41) is 0.384. The number of hydrogen-bond donors (Lipinski definition) is 1. The van der Waals surface area contributed by atoms with Crippen molar-refractivity contribution in [3.63, 3.8) is 0 Å². The Morgan fingerprint density at radius 1 is 1.42 bits per heavy atom. The Morgan fingerprint density at radius 3 is 2.63 bits per heavy atom. The Labute approximate surface area is 118 Å². The minimum atomic E-state index is -0.0364. The maximum Gasteiger partial charge on any atom is 0.257 e. The van der Waals surface area contributed by atoms with E-state index in [0.29, 0.717) is 27.9 Å². The smallest absolute Gasteiger partial charge is 0.257 e. The molecule has 0 aliphatic carbocycles. The number of anilines is 1. The number of likely N-dealkylation sites (tertiary alicyclic amines) is 1. The molecule has 1 aliphatic rings. The van der Waals surface area contributed by atoms with E-state index in [1.807, 2.05) is 4.90 Å². The lowest BCUT2D eigenvalue weighted by molar-refractivity contribution is 0.0694.